The highest BCUT2D eigenvalue weighted by Gasteiger charge is 2.18. The molecule has 0 saturated carbocycles. The molecule has 16 heavy (non-hydrogen) atoms. The highest BCUT2D eigenvalue weighted by atomic mass is 16.3. The van der Waals surface area contributed by atoms with Crippen LogP contribution in [-0.2, 0) is 5.41 Å². The molecule has 3 nitrogen and oxygen atoms in total. The smallest absolute Gasteiger partial charge is 0.106 e. The Balaban J connectivity index is 2.87. The molecule has 1 aromatic rings. The Morgan fingerprint density at radius 2 is 1.62 bits per heavy atom. The van der Waals surface area contributed by atoms with Crippen LogP contribution in [0.3, 0.4) is 0 Å². The summed E-state index contributed by atoms with van der Waals surface area (Å²) in [7, 11) is 0. The van der Waals surface area contributed by atoms with Gasteiger partial charge in [0.25, 0.3) is 0 Å². The van der Waals surface area contributed by atoms with Gasteiger partial charge in [-0.25, -0.2) is 0 Å². The van der Waals surface area contributed by atoms with Gasteiger partial charge in [-0.15, -0.1) is 0 Å². The molecule has 2 atom stereocenters. The van der Waals surface area contributed by atoms with Crippen molar-refractivity contribution in [3.8, 4) is 0 Å². The zero-order valence-electron chi connectivity index (χ0n) is 10.1. The second kappa shape index (κ2) is 4.95. The van der Waals surface area contributed by atoms with Crippen molar-refractivity contribution in [1.82, 2.24) is 0 Å². The van der Waals surface area contributed by atoms with Crippen LogP contribution in [0.1, 0.15) is 38.0 Å². The van der Waals surface area contributed by atoms with E-state index in [9.17, 15) is 10.2 Å². The normalized spacial score (nSPS) is 15.9. The summed E-state index contributed by atoms with van der Waals surface area (Å²) in [5, 5.41) is 19.2. The quantitative estimate of drug-likeness (QED) is 0.724. The Morgan fingerprint density at radius 1 is 1.12 bits per heavy atom. The van der Waals surface area contributed by atoms with E-state index in [0.29, 0.717) is 5.56 Å². The third-order valence-corrected chi connectivity index (χ3v) is 2.72. The molecule has 0 spiro atoms. The Morgan fingerprint density at radius 3 is 2.00 bits per heavy atom. The number of aliphatic hydroxyl groups is 2. The summed E-state index contributed by atoms with van der Waals surface area (Å²) in [6.45, 7) is 6.45. The van der Waals surface area contributed by atoms with E-state index < -0.39 is 12.2 Å². The van der Waals surface area contributed by atoms with E-state index in [-0.39, 0.29) is 12.0 Å². The van der Waals surface area contributed by atoms with Crippen LogP contribution in [0.4, 0.5) is 0 Å². The van der Waals surface area contributed by atoms with Gasteiger partial charge in [0.15, 0.2) is 0 Å². The first kappa shape index (κ1) is 13.2. The summed E-state index contributed by atoms with van der Waals surface area (Å²) in [5.74, 6) is 0. The van der Waals surface area contributed by atoms with E-state index in [1.807, 2.05) is 24.3 Å². The molecule has 0 radical (unpaired) electrons. The number of hydrogen-bond acceptors (Lipinski definition) is 3. The Hall–Kier alpha value is -0.900. The zero-order chi connectivity index (χ0) is 12.3. The van der Waals surface area contributed by atoms with Crippen molar-refractivity contribution in [3.05, 3.63) is 35.4 Å². The van der Waals surface area contributed by atoms with Gasteiger partial charge in [0.05, 0.1) is 6.10 Å². The summed E-state index contributed by atoms with van der Waals surface area (Å²) in [5.41, 5.74) is 7.29. The molecular formula is C13H21NO2. The third kappa shape index (κ3) is 3.04. The summed E-state index contributed by atoms with van der Waals surface area (Å²) in [4.78, 5) is 0. The molecule has 3 heteroatoms. The predicted molar refractivity (Wildman–Crippen MR) is 65.2 cm³/mol. The van der Waals surface area contributed by atoms with Gasteiger partial charge in [0, 0.05) is 6.54 Å². The van der Waals surface area contributed by atoms with Gasteiger partial charge >= 0.3 is 0 Å². The maximum absolute atomic E-state index is 9.75. The van der Waals surface area contributed by atoms with Gasteiger partial charge < -0.3 is 15.9 Å². The predicted octanol–water partition coefficient (Wildman–Crippen LogP) is 1.34. The van der Waals surface area contributed by atoms with E-state index in [1.54, 1.807) is 0 Å². The molecule has 0 aliphatic rings. The maximum atomic E-state index is 9.75. The molecule has 2 unspecified atom stereocenters. The van der Waals surface area contributed by atoms with Crippen molar-refractivity contribution in [2.75, 3.05) is 6.54 Å². The maximum Gasteiger partial charge on any atom is 0.106 e. The van der Waals surface area contributed by atoms with E-state index in [1.165, 1.54) is 5.56 Å². The second-order valence-electron chi connectivity index (χ2n) is 5.12. The fraction of sp³-hybridized carbons (Fsp3) is 0.538. The molecule has 0 heterocycles. The lowest BCUT2D eigenvalue weighted by Gasteiger charge is -2.21. The van der Waals surface area contributed by atoms with Gasteiger partial charge in [0.2, 0.25) is 0 Å². The molecule has 1 aromatic carbocycles. The van der Waals surface area contributed by atoms with E-state index in [0.717, 1.165) is 0 Å². The molecule has 0 aliphatic heterocycles. The van der Waals surface area contributed by atoms with Crippen molar-refractivity contribution in [3.63, 3.8) is 0 Å². The number of nitrogens with two attached hydrogens (primary N) is 1. The summed E-state index contributed by atoms with van der Waals surface area (Å²) in [6.07, 6.45) is -1.81. The van der Waals surface area contributed by atoms with Gasteiger partial charge in [0.1, 0.15) is 6.10 Å². The van der Waals surface area contributed by atoms with Gasteiger partial charge in [-0.2, -0.15) is 0 Å². The first-order chi connectivity index (χ1) is 7.36. The van der Waals surface area contributed by atoms with Crippen molar-refractivity contribution < 1.29 is 10.2 Å². The highest BCUT2D eigenvalue weighted by molar-refractivity contribution is 5.29. The Labute approximate surface area is 96.9 Å². The van der Waals surface area contributed by atoms with Crippen LogP contribution in [-0.4, -0.2) is 22.9 Å². The van der Waals surface area contributed by atoms with Crippen LogP contribution < -0.4 is 5.73 Å². The van der Waals surface area contributed by atoms with Crippen LogP contribution in [0, 0.1) is 0 Å². The van der Waals surface area contributed by atoms with Crippen LogP contribution in [0.5, 0.6) is 0 Å². The fourth-order valence-electron chi connectivity index (χ4n) is 1.53. The van der Waals surface area contributed by atoms with Crippen LogP contribution >= 0.6 is 0 Å². The number of rotatable bonds is 3. The van der Waals surface area contributed by atoms with Crippen molar-refractivity contribution in [2.24, 2.45) is 5.73 Å². The second-order valence-corrected chi connectivity index (χ2v) is 5.12. The van der Waals surface area contributed by atoms with Crippen molar-refractivity contribution in [1.29, 1.82) is 0 Å². The first-order valence-electron chi connectivity index (χ1n) is 5.53. The molecule has 0 amide bonds. The monoisotopic (exact) mass is 223 g/mol. The molecule has 0 fully saturated rings. The zero-order valence-corrected chi connectivity index (χ0v) is 10.1. The standard InChI is InChI=1S/C13H21NO2/c1-13(2,3)10-6-4-9(5-7-10)12(16)11(15)8-14/h4-7,11-12,15-16H,8,14H2,1-3H3. The average molecular weight is 223 g/mol. The van der Waals surface area contributed by atoms with Crippen LogP contribution in [0.15, 0.2) is 24.3 Å². The number of benzene rings is 1. The summed E-state index contributed by atoms with van der Waals surface area (Å²) in [6, 6.07) is 7.62. The Kier molecular flexibility index (Phi) is 4.08. The Bertz CT molecular complexity index is 327. The third-order valence-electron chi connectivity index (χ3n) is 2.72. The van der Waals surface area contributed by atoms with Crippen molar-refractivity contribution in [2.45, 2.75) is 38.4 Å². The summed E-state index contributed by atoms with van der Waals surface area (Å²) < 4.78 is 0. The molecular weight excluding hydrogens is 202 g/mol. The highest BCUT2D eigenvalue weighted by Crippen LogP contribution is 2.24. The first-order valence-corrected chi connectivity index (χ1v) is 5.53. The molecule has 0 saturated heterocycles. The van der Waals surface area contributed by atoms with Gasteiger partial charge in [-0.3, -0.25) is 0 Å². The largest absolute Gasteiger partial charge is 0.389 e. The lowest BCUT2D eigenvalue weighted by Crippen LogP contribution is -2.27. The summed E-state index contributed by atoms with van der Waals surface area (Å²) >= 11 is 0. The minimum atomic E-state index is -0.904. The van der Waals surface area contributed by atoms with Crippen LogP contribution in [0.2, 0.25) is 0 Å². The SMILES string of the molecule is CC(C)(C)c1ccc(C(O)C(O)CN)cc1. The minimum Gasteiger partial charge on any atom is -0.389 e. The lowest BCUT2D eigenvalue weighted by molar-refractivity contribution is 0.0243. The fourth-order valence-corrected chi connectivity index (χ4v) is 1.53. The average Bonchev–Trinajstić information content (AvgIpc) is 2.26. The van der Waals surface area contributed by atoms with E-state index in [2.05, 4.69) is 20.8 Å². The van der Waals surface area contributed by atoms with E-state index >= 15 is 0 Å². The molecule has 1 rings (SSSR count). The topological polar surface area (TPSA) is 66.5 Å². The minimum absolute atomic E-state index is 0.0577. The van der Waals surface area contributed by atoms with Crippen molar-refractivity contribution >= 4 is 0 Å². The molecule has 90 valence electrons. The van der Waals surface area contributed by atoms with Gasteiger partial charge in [-0.05, 0) is 16.5 Å². The molecule has 4 N–H and O–H groups in total. The molecule has 0 bridgehead atoms. The number of hydrogen-bond donors (Lipinski definition) is 3. The van der Waals surface area contributed by atoms with Crippen LogP contribution in [0.25, 0.3) is 0 Å². The molecule has 0 aromatic heterocycles. The molecule has 0 aliphatic carbocycles. The lowest BCUT2D eigenvalue weighted by atomic mass is 9.86. The van der Waals surface area contributed by atoms with Gasteiger partial charge in [-0.1, -0.05) is 45.0 Å². The number of aliphatic hydroxyl groups excluding tert-OH is 2. The van der Waals surface area contributed by atoms with E-state index in [4.69, 9.17) is 5.73 Å².